The number of hydrogen-bond acceptors (Lipinski definition) is 1. The molecule has 0 bridgehead atoms. The van der Waals surface area contributed by atoms with Crippen LogP contribution in [0.4, 0.5) is 8.78 Å². The Labute approximate surface area is 112 Å². The van der Waals surface area contributed by atoms with Crippen molar-refractivity contribution < 1.29 is 8.78 Å². The summed E-state index contributed by atoms with van der Waals surface area (Å²) in [4.78, 5) is 0. The molecule has 0 saturated heterocycles. The number of nitrogens with one attached hydrogen (secondary N) is 1. The summed E-state index contributed by atoms with van der Waals surface area (Å²) in [7, 11) is 0. The van der Waals surface area contributed by atoms with Gasteiger partial charge in [-0.05, 0) is 43.1 Å². The summed E-state index contributed by atoms with van der Waals surface area (Å²) in [6, 6.07) is 12.3. The third kappa shape index (κ3) is 4.14. The molecule has 2 aromatic rings. The van der Waals surface area contributed by atoms with Crippen molar-refractivity contribution >= 4 is 0 Å². The Balaban J connectivity index is 1.79. The number of halogens is 2. The normalized spacial score (nSPS) is 10.7. The molecule has 0 heterocycles. The van der Waals surface area contributed by atoms with Crippen LogP contribution < -0.4 is 5.32 Å². The zero-order chi connectivity index (χ0) is 13.7. The summed E-state index contributed by atoms with van der Waals surface area (Å²) >= 11 is 0. The average Bonchev–Trinajstić information content (AvgIpc) is 2.39. The van der Waals surface area contributed by atoms with E-state index < -0.39 is 11.6 Å². The van der Waals surface area contributed by atoms with Crippen LogP contribution >= 0.6 is 0 Å². The highest BCUT2D eigenvalue weighted by atomic mass is 19.2. The van der Waals surface area contributed by atoms with Gasteiger partial charge in [-0.1, -0.05) is 35.9 Å². The highest BCUT2D eigenvalue weighted by molar-refractivity contribution is 5.22. The Bertz CT molecular complexity index is 552. The predicted molar refractivity (Wildman–Crippen MR) is 72.9 cm³/mol. The lowest BCUT2D eigenvalue weighted by Crippen LogP contribution is -2.16. The van der Waals surface area contributed by atoms with Crippen molar-refractivity contribution in [2.75, 3.05) is 6.54 Å². The molecule has 0 amide bonds. The van der Waals surface area contributed by atoms with Crippen LogP contribution in [0.1, 0.15) is 16.7 Å². The van der Waals surface area contributed by atoms with Crippen LogP contribution in [0.25, 0.3) is 0 Å². The first-order valence-electron chi connectivity index (χ1n) is 6.35. The minimum absolute atomic E-state index is 0.545. The van der Waals surface area contributed by atoms with Crippen molar-refractivity contribution in [2.24, 2.45) is 0 Å². The highest BCUT2D eigenvalue weighted by Gasteiger charge is 2.02. The summed E-state index contributed by atoms with van der Waals surface area (Å²) in [5, 5.41) is 3.23. The van der Waals surface area contributed by atoms with Crippen molar-refractivity contribution in [1.29, 1.82) is 0 Å². The van der Waals surface area contributed by atoms with E-state index in [1.165, 1.54) is 17.2 Å². The van der Waals surface area contributed by atoms with Gasteiger partial charge in [0.1, 0.15) is 0 Å². The Morgan fingerprint density at radius 2 is 1.79 bits per heavy atom. The minimum Gasteiger partial charge on any atom is -0.312 e. The molecule has 0 saturated carbocycles. The molecule has 1 nitrogen and oxygen atoms in total. The van der Waals surface area contributed by atoms with E-state index in [1.807, 2.05) is 6.07 Å². The lowest BCUT2D eigenvalue weighted by Gasteiger charge is -2.06. The van der Waals surface area contributed by atoms with Crippen molar-refractivity contribution in [3.63, 3.8) is 0 Å². The third-order valence-electron chi connectivity index (χ3n) is 2.99. The summed E-state index contributed by atoms with van der Waals surface area (Å²) in [5.41, 5.74) is 3.28. The van der Waals surface area contributed by atoms with Crippen LogP contribution in [-0.2, 0) is 13.0 Å². The molecule has 0 aromatic heterocycles. The molecule has 3 heteroatoms. The van der Waals surface area contributed by atoms with E-state index in [4.69, 9.17) is 0 Å². The van der Waals surface area contributed by atoms with Crippen molar-refractivity contribution in [2.45, 2.75) is 19.9 Å². The maximum atomic E-state index is 13.0. The van der Waals surface area contributed by atoms with Crippen molar-refractivity contribution in [1.82, 2.24) is 5.32 Å². The van der Waals surface area contributed by atoms with Gasteiger partial charge < -0.3 is 5.32 Å². The molecule has 0 aliphatic heterocycles. The van der Waals surface area contributed by atoms with Gasteiger partial charge in [-0.15, -0.1) is 0 Å². The van der Waals surface area contributed by atoms with E-state index in [9.17, 15) is 8.78 Å². The first kappa shape index (κ1) is 13.7. The molecular weight excluding hydrogens is 244 g/mol. The van der Waals surface area contributed by atoms with Crippen LogP contribution in [0.3, 0.4) is 0 Å². The largest absolute Gasteiger partial charge is 0.312 e. The molecular formula is C16H17F2N. The standard InChI is InChI=1S/C16H17F2N/c1-12-3-2-4-13(9-12)7-8-19-11-14-5-6-15(17)16(18)10-14/h2-6,9-10,19H,7-8,11H2,1H3. The first-order chi connectivity index (χ1) is 9.15. The van der Waals surface area contributed by atoms with Crippen LogP contribution in [0.15, 0.2) is 42.5 Å². The fourth-order valence-corrected chi connectivity index (χ4v) is 1.98. The van der Waals surface area contributed by atoms with Gasteiger partial charge in [-0.2, -0.15) is 0 Å². The number of benzene rings is 2. The van der Waals surface area contributed by atoms with Gasteiger partial charge in [-0.25, -0.2) is 8.78 Å². The lowest BCUT2D eigenvalue weighted by molar-refractivity contribution is 0.506. The van der Waals surface area contributed by atoms with Gasteiger partial charge in [0.05, 0.1) is 0 Å². The quantitative estimate of drug-likeness (QED) is 0.811. The maximum absolute atomic E-state index is 13.0. The minimum atomic E-state index is -0.802. The molecule has 0 radical (unpaired) electrons. The third-order valence-corrected chi connectivity index (χ3v) is 2.99. The summed E-state index contributed by atoms with van der Waals surface area (Å²) in [6.45, 7) is 3.42. The van der Waals surface area contributed by atoms with Gasteiger partial charge in [-0.3, -0.25) is 0 Å². The van der Waals surface area contributed by atoms with E-state index in [0.29, 0.717) is 6.54 Å². The maximum Gasteiger partial charge on any atom is 0.159 e. The molecule has 1 N–H and O–H groups in total. The zero-order valence-electron chi connectivity index (χ0n) is 10.9. The van der Waals surface area contributed by atoms with Gasteiger partial charge >= 0.3 is 0 Å². The fourth-order valence-electron chi connectivity index (χ4n) is 1.98. The lowest BCUT2D eigenvalue weighted by atomic mass is 10.1. The fraction of sp³-hybridized carbons (Fsp3) is 0.250. The highest BCUT2D eigenvalue weighted by Crippen LogP contribution is 2.08. The second-order valence-electron chi connectivity index (χ2n) is 4.66. The molecule has 0 unspecified atom stereocenters. The number of hydrogen-bond donors (Lipinski definition) is 1. The van der Waals surface area contributed by atoms with Gasteiger partial charge in [0.2, 0.25) is 0 Å². The monoisotopic (exact) mass is 261 g/mol. The SMILES string of the molecule is Cc1cccc(CCNCc2ccc(F)c(F)c2)c1. The van der Waals surface area contributed by atoms with E-state index in [0.717, 1.165) is 24.6 Å². The van der Waals surface area contributed by atoms with E-state index in [-0.39, 0.29) is 0 Å². The number of rotatable bonds is 5. The smallest absolute Gasteiger partial charge is 0.159 e. The Kier molecular flexibility index (Phi) is 4.63. The van der Waals surface area contributed by atoms with Crippen molar-refractivity contribution in [3.05, 3.63) is 70.8 Å². The van der Waals surface area contributed by atoms with Crippen molar-refractivity contribution in [3.8, 4) is 0 Å². The molecule has 100 valence electrons. The molecule has 0 aliphatic rings. The Hall–Kier alpha value is -1.74. The van der Waals surface area contributed by atoms with Crippen LogP contribution in [0.2, 0.25) is 0 Å². The van der Waals surface area contributed by atoms with E-state index in [2.05, 4.69) is 30.4 Å². The van der Waals surface area contributed by atoms with Gasteiger partial charge in [0.25, 0.3) is 0 Å². The van der Waals surface area contributed by atoms with Crippen LogP contribution in [-0.4, -0.2) is 6.54 Å². The average molecular weight is 261 g/mol. The second-order valence-corrected chi connectivity index (χ2v) is 4.66. The molecule has 2 rings (SSSR count). The van der Waals surface area contributed by atoms with E-state index in [1.54, 1.807) is 6.07 Å². The molecule has 0 atom stereocenters. The molecule has 2 aromatic carbocycles. The second kappa shape index (κ2) is 6.43. The van der Waals surface area contributed by atoms with Crippen LogP contribution in [0, 0.1) is 18.6 Å². The summed E-state index contributed by atoms with van der Waals surface area (Å²) < 4.78 is 25.7. The zero-order valence-corrected chi connectivity index (χ0v) is 10.9. The van der Waals surface area contributed by atoms with E-state index >= 15 is 0 Å². The molecule has 0 fully saturated rings. The van der Waals surface area contributed by atoms with Gasteiger partial charge in [0, 0.05) is 6.54 Å². The predicted octanol–water partition coefficient (Wildman–Crippen LogP) is 3.61. The van der Waals surface area contributed by atoms with Gasteiger partial charge in [0.15, 0.2) is 11.6 Å². The summed E-state index contributed by atoms with van der Waals surface area (Å²) in [5.74, 6) is -1.60. The summed E-state index contributed by atoms with van der Waals surface area (Å²) in [6.07, 6.45) is 0.922. The van der Waals surface area contributed by atoms with Crippen LogP contribution in [0.5, 0.6) is 0 Å². The molecule has 0 spiro atoms. The Morgan fingerprint density at radius 1 is 0.947 bits per heavy atom. The number of aryl methyl sites for hydroxylation is 1. The first-order valence-corrected chi connectivity index (χ1v) is 6.35. The molecule has 0 aliphatic carbocycles. The Morgan fingerprint density at radius 3 is 2.53 bits per heavy atom. The topological polar surface area (TPSA) is 12.0 Å². The molecule has 19 heavy (non-hydrogen) atoms.